The molecule has 0 fully saturated rings. The average molecular weight is 369 g/mol. The topological polar surface area (TPSA) is 76.9 Å². The minimum absolute atomic E-state index is 0.0589. The molecule has 1 N–H and O–H groups in total. The van der Waals surface area contributed by atoms with Crippen molar-refractivity contribution in [1.82, 2.24) is 5.32 Å². The van der Waals surface area contributed by atoms with Crippen molar-refractivity contribution in [2.75, 3.05) is 38.1 Å². The third kappa shape index (κ3) is 5.54. The molecule has 0 bridgehead atoms. The lowest BCUT2D eigenvalue weighted by atomic mass is 10.1. The number of anilines is 1. The summed E-state index contributed by atoms with van der Waals surface area (Å²) in [5, 5.41) is 13.9. The molecule has 3 rings (SSSR count). The number of nitro groups is 1. The molecule has 2 aromatic rings. The molecular formula is C20H23N3O4. The highest BCUT2D eigenvalue weighted by atomic mass is 16.6. The lowest BCUT2D eigenvalue weighted by Gasteiger charge is -2.28. The number of nitro benzene ring substituents is 1. The molecule has 0 radical (unpaired) electrons. The third-order valence-corrected chi connectivity index (χ3v) is 4.16. The highest BCUT2D eigenvalue weighted by Crippen LogP contribution is 2.24. The van der Waals surface area contributed by atoms with Crippen LogP contribution in [0.3, 0.4) is 0 Å². The van der Waals surface area contributed by atoms with Gasteiger partial charge >= 0.3 is 0 Å². The first-order chi connectivity index (χ1) is 13.2. The highest BCUT2D eigenvalue weighted by Gasteiger charge is 2.11. The molecule has 2 aromatic carbocycles. The van der Waals surface area contributed by atoms with Gasteiger partial charge in [-0.05, 0) is 23.8 Å². The van der Waals surface area contributed by atoms with E-state index in [4.69, 9.17) is 9.47 Å². The van der Waals surface area contributed by atoms with Crippen LogP contribution in [0.1, 0.15) is 12.0 Å². The summed E-state index contributed by atoms with van der Waals surface area (Å²) >= 11 is 0. The summed E-state index contributed by atoms with van der Waals surface area (Å²) in [5.41, 5.74) is 2.52. The van der Waals surface area contributed by atoms with Gasteiger partial charge in [-0.2, -0.15) is 0 Å². The summed E-state index contributed by atoms with van der Waals surface area (Å²) in [6.45, 7) is 3.16. The van der Waals surface area contributed by atoms with E-state index in [1.807, 2.05) is 12.1 Å². The monoisotopic (exact) mass is 369 g/mol. The maximum absolute atomic E-state index is 10.6. The number of fused-ring (bicyclic) bond motifs is 1. The van der Waals surface area contributed by atoms with Crippen LogP contribution < -0.4 is 15.0 Å². The van der Waals surface area contributed by atoms with Gasteiger partial charge in [0.15, 0.2) is 0 Å². The van der Waals surface area contributed by atoms with Crippen LogP contribution in [0, 0.1) is 10.1 Å². The van der Waals surface area contributed by atoms with E-state index in [0.717, 1.165) is 19.6 Å². The number of para-hydroxylation sites is 1. The van der Waals surface area contributed by atoms with E-state index in [0.29, 0.717) is 25.7 Å². The van der Waals surface area contributed by atoms with E-state index in [1.165, 1.54) is 23.4 Å². The molecule has 1 aliphatic heterocycles. The highest BCUT2D eigenvalue weighted by molar-refractivity contribution is 5.71. The molecule has 27 heavy (non-hydrogen) atoms. The van der Waals surface area contributed by atoms with Gasteiger partial charge in [0.05, 0.1) is 31.5 Å². The molecule has 1 heterocycles. The summed E-state index contributed by atoms with van der Waals surface area (Å²) in [5.74, 6) is 0.621. The van der Waals surface area contributed by atoms with Crippen molar-refractivity contribution in [3.63, 3.8) is 0 Å². The van der Waals surface area contributed by atoms with Gasteiger partial charge in [0.1, 0.15) is 5.75 Å². The van der Waals surface area contributed by atoms with Gasteiger partial charge in [0.25, 0.3) is 5.69 Å². The van der Waals surface area contributed by atoms with E-state index < -0.39 is 4.92 Å². The van der Waals surface area contributed by atoms with Crippen LogP contribution in [0.2, 0.25) is 0 Å². The third-order valence-electron chi connectivity index (χ3n) is 4.16. The van der Waals surface area contributed by atoms with Crippen LogP contribution in [0.4, 0.5) is 11.4 Å². The van der Waals surface area contributed by atoms with Gasteiger partial charge in [0, 0.05) is 30.8 Å². The van der Waals surface area contributed by atoms with Crippen LogP contribution in [-0.4, -0.2) is 38.1 Å². The zero-order chi connectivity index (χ0) is 18.9. The largest absolute Gasteiger partial charge is 0.494 e. The quantitative estimate of drug-likeness (QED) is 0.299. The first-order valence-corrected chi connectivity index (χ1v) is 8.90. The van der Waals surface area contributed by atoms with Crippen molar-refractivity contribution in [1.29, 1.82) is 0 Å². The number of hydrogen-bond donors (Lipinski definition) is 1. The van der Waals surface area contributed by atoms with Crippen molar-refractivity contribution < 1.29 is 14.4 Å². The Balaban J connectivity index is 1.26. The van der Waals surface area contributed by atoms with E-state index in [1.54, 1.807) is 12.1 Å². The van der Waals surface area contributed by atoms with Gasteiger partial charge in [0.2, 0.25) is 0 Å². The molecule has 0 aliphatic carbocycles. The lowest BCUT2D eigenvalue weighted by Crippen LogP contribution is -2.37. The average Bonchev–Trinajstić information content (AvgIpc) is 2.70. The van der Waals surface area contributed by atoms with E-state index in [2.05, 4.69) is 34.5 Å². The van der Waals surface area contributed by atoms with Crippen molar-refractivity contribution in [2.45, 2.75) is 6.42 Å². The Labute approximate surface area is 158 Å². The molecule has 7 heteroatoms. The Morgan fingerprint density at radius 3 is 2.74 bits per heavy atom. The number of nitrogens with zero attached hydrogens (tertiary/aromatic N) is 2. The minimum atomic E-state index is -0.427. The number of non-ortho nitro benzene ring substituents is 1. The first kappa shape index (κ1) is 18.9. The minimum Gasteiger partial charge on any atom is -0.494 e. The summed E-state index contributed by atoms with van der Waals surface area (Å²) in [4.78, 5) is 12.4. The Hall–Kier alpha value is -2.90. The Morgan fingerprint density at radius 1 is 1.11 bits per heavy atom. The zero-order valence-electron chi connectivity index (χ0n) is 15.0. The molecule has 0 amide bonds. The van der Waals surface area contributed by atoms with E-state index in [9.17, 15) is 10.1 Å². The van der Waals surface area contributed by atoms with Crippen LogP contribution >= 0.6 is 0 Å². The van der Waals surface area contributed by atoms with E-state index in [-0.39, 0.29) is 5.69 Å². The van der Waals surface area contributed by atoms with E-state index >= 15 is 0 Å². The van der Waals surface area contributed by atoms with Gasteiger partial charge in [-0.1, -0.05) is 30.4 Å². The molecule has 7 nitrogen and oxygen atoms in total. The Kier molecular flexibility index (Phi) is 6.78. The second kappa shape index (κ2) is 9.70. The second-order valence-corrected chi connectivity index (χ2v) is 6.10. The van der Waals surface area contributed by atoms with Crippen LogP contribution in [0.15, 0.2) is 54.6 Å². The first-order valence-electron chi connectivity index (χ1n) is 8.90. The number of hydrogen-bond acceptors (Lipinski definition) is 6. The van der Waals surface area contributed by atoms with Gasteiger partial charge < -0.3 is 14.4 Å². The zero-order valence-corrected chi connectivity index (χ0v) is 15.0. The fourth-order valence-corrected chi connectivity index (χ4v) is 2.81. The SMILES string of the molecule is O=[N+]([O-])c1ccc(OCCCOCNCN2CC=Cc3ccccc32)cc1. The van der Waals surface area contributed by atoms with Crippen LogP contribution in [-0.2, 0) is 4.74 Å². The number of benzene rings is 2. The predicted octanol–water partition coefficient (Wildman–Crippen LogP) is 3.42. The molecule has 0 saturated heterocycles. The maximum Gasteiger partial charge on any atom is 0.269 e. The summed E-state index contributed by atoms with van der Waals surface area (Å²) < 4.78 is 11.1. The smallest absolute Gasteiger partial charge is 0.269 e. The summed E-state index contributed by atoms with van der Waals surface area (Å²) in [6.07, 6.45) is 5.04. The maximum atomic E-state index is 10.6. The van der Waals surface area contributed by atoms with Crippen molar-refractivity contribution in [3.05, 3.63) is 70.3 Å². The molecule has 0 aromatic heterocycles. The molecule has 0 atom stereocenters. The standard InChI is InChI=1S/C20H23N3O4/c24-23(25)18-8-10-19(11-9-18)27-14-4-13-26-16-21-15-22-12-3-6-17-5-1-2-7-20(17)22/h1-3,5-11,21H,4,12-16H2. The lowest BCUT2D eigenvalue weighted by molar-refractivity contribution is -0.384. The molecule has 142 valence electrons. The van der Waals surface area contributed by atoms with Crippen molar-refractivity contribution >= 4 is 17.5 Å². The number of ether oxygens (including phenoxy) is 2. The summed E-state index contributed by atoms with van der Waals surface area (Å²) in [7, 11) is 0. The normalized spacial score (nSPS) is 12.7. The molecule has 1 aliphatic rings. The Morgan fingerprint density at radius 2 is 1.93 bits per heavy atom. The molecule has 0 unspecified atom stereocenters. The molecular weight excluding hydrogens is 346 g/mol. The van der Waals surface area contributed by atoms with Gasteiger partial charge in [-0.3, -0.25) is 15.4 Å². The predicted molar refractivity (Wildman–Crippen MR) is 105 cm³/mol. The van der Waals surface area contributed by atoms with Crippen molar-refractivity contribution in [3.8, 4) is 5.75 Å². The second-order valence-electron chi connectivity index (χ2n) is 6.10. The Bertz CT molecular complexity index is 777. The fourth-order valence-electron chi connectivity index (χ4n) is 2.81. The van der Waals surface area contributed by atoms with Gasteiger partial charge in [-0.15, -0.1) is 0 Å². The molecule has 0 saturated carbocycles. The van der Waals surface area contributed by atoms with Crippen LogP contribution in [0.25, 0.3) is 6.08 Å². The fraction of sp³-hybridized carbons (Fsp3) is 0.300. The molecule has 0 spiro atoms. The van der Waals surface area contributed by atoms with Crippen LogP contribution in [0.5, 0.6) is 5.75 Å². The number of nitrogens with one attached hydrogen (secondary N) is 1. The number of rotatable bonds is 10. The van der Waals surface area contributed by atoms with Gasteiger partial charge in [-0.25, -0.2) is 0 Å². The van der Waals surface area contributed by atoms with Crippen molar-refractivity contribution in [2.24, 2.45) is 0 Å². The summed E-state index contributed by atoms with van der Waals surface area (Å²) in [6, 6.07) is 14.4.